The zero-order valence-electron chi connectivity index (χ0n) is 7.13. The van der Waals surface area contributed by atoms with E-state index in [1.54, 1.807) is 0 Å². The predicted molar refractivity (Wildman–Crippen MR) is 44.8 cm³/mol. The Morgan fingerprint density at radius 1 is 1.64 bits per heavy atom. The van der Waals surface area contributed by atoms with Gasteiger partial charge in [-0.3, -0.25) is 4.79 Å². The average molecular weight is 153 g/mol. The van der Waals surface area contributed by atoms with E-state index in [9.17, 15) is 4.79 Å². The number of rotatable bonds is 1. The molecule has 0 bridgehead atoms. The van der Waals surface area contributed by atoms with Gasteiger partial charge >= 0.3 is 0 Å². The largest absolute Gasteiger partial charge is 0.369 e. The Morgan fingerprint density at radius 3 is 2.64 bits per heavy atom. The summed E-state index contributed by atoms with van der Waals surface area (Å²) >= 11 is 0. The summed E-state index contributed by atoms with van der Waals surface area (Å²) in [6.45, 7) is 4.33. The second-order valence-electron chi connectivity index (χ2n) is 3.90. The molecule has 2 nitrogen and oxygen atoms in total. The summed E-state index contributed by atoms with van der Waals surface area (Å²) in [6.07, 6.45) is 5.98. The topological polar surface area (TPSA) is 43.1 Å². The van der Waals surface area contributed by atoms with Crippen LogP contribution in [0.1, 0.15) is 26.7 Å². The number of carbonyl (C=O) groups is 1. The molecule has 62 valence electrons. The number of amides is 1. The first-order chi connectivity index (χ1) is 5.01. The summed E-state index contributed by atoms with van der Waals surface area (Å²) in [6, 6.07) is 0. The second kappa shape index (κ2) is 2.68. The molecule has 1 aliphatic rings. The molecule has 2 N–H and O–H groups in total. The normalized spacial score (nSPS) is 28.4. The number of primary amides is 1. The fourth-order valence-electron chi connectivity index (χ4n) is 1.32. The highest BCUT2D eigenvalue weighted by atomic mass is 16.1. The molecule has 0 spiro atoms. The van der Waals surface area contributed by atoms with Crippen molar-refractivity contribution in [3.05, 3.63) is 12.2 Å². The molecule has 0 aromatic heterocycles. The van der Waals surface area contributed by atoms with Gasteiger partial charge in [0.25, 0.3) is 0 Å². The number of hydrogen-bond donors (Lipinski definition) is 1. The van der Waals surface area contributed by atoms with Crippen molar-refractivity contribution >= 4 is 5.91 Å². The van der Waals surface area contributed by atoms with Crippen molar-refractivity contribution in [2.45, 2.75) is 26.7 Å². The first kappa shape index (κ1) is 8.31. The van der Waals surface area contributed by atoms with Crippen LogP contribution in [0, 0.1) is 11.3 Å². The van der Waals surface area contributed by atoms with Crippen molar-refractivity contribution < 1.29 is 4.79 Å². The van der Waals surface area contributed by atoms with Crippen LogP contribution in [-0.2, 0) is 4.79 Å². The molecule has 0 fully saturated rings. The first-order valence-corrected chi connectivity index (χ1v) is 4.00. The van der Waals surface area contributed by atoms with Gasteiger partial charge in [-0.05, 0) is 18.3 Å². The van der Waals surface area contributed by atoms with E-state index in [0.29, 0.717) is 0 Å². The predicted octanol–water partition coefficient (Wildman–Crippen LogP) is 1.46. The molecule has 1 unspecified atom stereocenters. The minimum atomic E-state index is -0.197. The number of allylic oxidation sites excluding steroid dienone is 1. The van der Waals surface area contributed by atoms with Gasteiger partial charge in [-0.1, -0.05) is 26.0 Å². The molecule has 0 aliphatic heterocycles. The van der Waals surface area contributed by atoms with Gasteiger partial charge in [0.1, 0.15) is 0 Å². The molecular weight excluding hydrogens is 138 g/mol. The summed E-state index contributed by atoms with van der Waals surface area (Å²) in [5.41, 5.74) is 5.42. The Kier molecular flexibility index (Phi) is 2.03. The molecule has 1 rings (SSSR count). The maximum atomic E-state index is 10.7. The zero-order valence-corrected chi connectivity index (χ0v) is 7.13. The fraction of sp³-hybridized carbons (Fsp3) is 0.667. The van der Waals surface area contributed by atoms with E-state index in [0.717, 1.165) is 12.8 Å². The van der Waals surface area contributed by atoms with Gasteiger partial charge < -0.3 is 5.73 Å². The van der Waals surface area contributed by atoms with E-state index in [1.165, 1.54) is 0 Å². The molecule has 0 saturated carbocycles. The Hall–Kier alpha value is -0.790. The Morgan fingerprint density at radius 2 is 2.27 bits per heavy atom. The van der Waals surface area contributed by atoms with E-state index < -0.39 is 0 Å². The molecule has 11 heavy (non-hydrogen) atoms. The minimum Gasteiger partial charge on any atom is -0.369 e. The first-order valence-electron chi connectivity index (χ1n) is 4.00. The highest BCUT2D eigenvalue weighted by molar-refractivity contribution is 5.78. The molecular formula is C9H15NO. The van der Waals surface area contributed by atoms with E-state index in [2.05, 4.69) is 19.9 Å². The molecule has 1 atom stereocenters. The van der Waals surface area contributed by atoms with Crippen LogP contribution in [0.5, 0.6) is 0 Å². The average Bonchev–Trinajstić information content (AvgIpc) is 1.86. The lowest BCUT2D eigenvalue weighted by Crippen LogP contribution is -2.26. The van der Waals surface area contributed by atoms with Crippen molar-refractivity contribution in [2.75, 3.05) is 0 Å². The van der Waals surface area contributed by atoms with Crippen LogP contribution in [0.15, 0.2) is 12.2 Å². The van der Waals surface area contributed by atoms with Crippen LogP contribution in [0.3, 0.4) is 0 Å². The van der Waals surface area contributed by atoms with Gasteiger partial charge in [0.15, 0.2) is 0 Å². The van der Waals surface area contributed by atoms with Crippen LogP contribution < -0.4 is 5.73 Å². The van der Waals surface area contributed by atoms with Crippen molar-refractivity contribution in [1.82, 2.24) is 0 Å². The molecule has 0 aromatic rings. The van der Waals surface area contributed by atoms with Crippen molar-refractivity contribution in [1.29, 1.82) is 0 Å². The minimum absolute atomic E-state index is 0.0250. The monoisotopic (exact) mass is 153 g/mol. The maximum absolute atomic E-state index is 10.7. The van der Waals surface area contributed by atoms with Crippen LogP contribution in [0.4, 0.5) is 0 Å². The SMILES string of the molecule is CC1(C)C=CC(C(N)=O)CC1. The lowest BCUT2D eigenvalue weighted by atomic mass is 9.79. The van der Waals surface area contributed by atoms with Gasteiger partial charge in [0.2, 0.25) is 5.91 Å². The summed E-state index contributed by atoms with van der Waals surface area (Å²) < 4.78 is 0. The Bertz CT molecular complexity index is 194. The molecule has 0 heterocycles. The molecule has 0 radical (unpaired) electrons. The van der Waals surface area contributed by atoms with Gasteiger partial charge in [0, 0.05) is 0 Å². The standard InChI is InChI=1S/C9H15NO/c1-9(2)5-3-7(4-6-9)8(10)11/h3,5,7H,4,6H2,1-2H3,(H2,10,11). The Labute approximate surface area is 67.5 Å². The zero-order chi connectivity index (χ0) is 8.48. The smallest absolute Gasteiger partial charge is 0.224 e. The van der Waals surface area contributed by atoms with E-state index in [-0.39, 0.29) is 17.2 Å². The lowest BCUT2D eigenvalue weighted by Gasteiger charge is -2.26. The molecule has 0 saturated heterocycles. The van der Waals surface area contributed by atoms with Gasteiger partial charge in [0.05, 0.1) is 5.92 Å². The van der Waals surface area contributed by atoms with Crippen LogP contribution >= 0.6 is 0 Å². The van der Waals surface area contributed by atoms with Crippen LogP contribution in [-0.4, -0.2) is 5.91 Å². The lowest BCUT2D eigenvalue weighted by molar-refractivity contribution is -0.120. The van der Waals surface area contributed by atoms with Gasteiger partial charge in [-0.25, -0.2) is 0 Å². The number of nitrogens with two attached hydrogens (primary N) is 1. The summed E-state index contributed by atoms with van der Waals surface area (Å²) in [5.74, 6) is -0.222. The van der Waals surface area contributed by atoms with Crippen molar-refractivity contribution in [3.63, 3.8) is 0 Å². The summed E-state index contributed by atoms with van der Waals surface area (Å²) in [7, 11) is 0. The van der Waals surface area contributed by atoms with Crippen LogP contribution in [0.2, 0.25) is 0 Å². The second-order valence-corrected chi connectivity index (χ2v) is 3.90. The summed E-state index contributed by atoms with van der Waals surface area (Å²) in [4.78, 5) is 10.7. The van der Waals surface area contributed by atoms with Crippen molar-refractivity contribution in [2.24, 2.45) is 17.1 Å². The molecule has 0 aromatic carbocycles. The summed E-state index contributed by atoms with van der Waals surface area (Å²) in [5, 5.41) is 0. The molecule has 1 aliphatic carbocycles. The Balaban J connectivity index is 2.63. The number of hydrogen-bond acceptors (Lipinski definition) is 1. The van der Waals surface area contributed by atoms with E-state index in [4.69, 9.17) is 5.73 Å². The number of carbonyl (C=O) groups excluding carboxylic acids is 1. The third kappa shape index (κ3) is 2.07. The quantitative estimate of drug-likeness (QED) is 0.569. The fourth-order valence-corrected chi connectivity index (χ4v) is 1.32. The maximum Gasteiger partial charge on any atom is 0.224 e. The van der Waals surface area contributed by atoms with Crippen molar-refractivity contribution in [3.8, 4) is 0 Å². The third-order valence-corrected chi connectivity index (χ3v) is 2.24. The van der Waals surface area contributed by atoms with E-state index >= 15 is 0 Å². The molecule has 1 amide bonds. The van der Waals surface area contributed by atoms with Gasteiger partial charge in [-0.15, -0.1) is 0 Å². The molecule has 2 heteroatoms. The van der Waals surface area contributed by atoms with Gasteiger partial charge in [-0.2, -0.15) is 0 Å². The van der Waals surface area contributed by atoms with E-state index in [1.807, 2.05) is 6.08 Å². The third-order valence-electron chi connectivity index (χ3n) is 2.24. The highest BCUT2D eigenvalue weighted by Gasteiger charge is 2.23. The van der Waals surface area contributed by atoms with Crippen LogP contribution in [0.25, 0.3) is 0 Å². The highest BCUT2D eigenvalue weighted by Crippen LogP contribution is 2.31.